The van der Waals surface area contributed by atoms with E-state index in [0.717, 1.165) is 17.7 Å². The van der Waals surface area contributed by atoms with Crippen LogP contribution in [0.2, 0.25) is 0 Å². The Balaban J connectivity index is 1.69. The van der Waals surface area contributed by atoms with Gasteiger partial charge in [-0.1, -0.05) is 18.2 Å². The van der Waals surface area contributed by atoms with Crippen LogP contribution in [-0.2, 0) is 16.0 Å². The van der Waals surface area contributed by atoms with Gasteiger partial charge < -0.3 is 14.4 Å². The molecule has 1 saturated heterocycles. The molecule has 2 aliphatic rings. The molecule has 0 bridgehead atoms. The Hall–Kier alpha value is -1.55. The van der Waals surface area contributed by atoms with Crippen molar-refractivity contribution < 1.29 is 14.3 Å². The van der Waals surface area contributed by atoms with Crippen molar-refractivity contribution >= 4 is 5.91 Å². The Morgan fingerprint density at radius 1 is 1.22 bits per heavy atom. The molecule has 1 aromatic rings. The molecular formula is C14H17NO3. The molecule has 1 fully saturated rings. The van der Waals surface area contributed by atoms with Crippen molar-refractivity contribution in [2.24, 2.45) is 5.92 Å². The van der Waals surface area contributed by atoms with E-state index in [0.29, 0.717) is 32.9 Å². The highest BCUT2D eigenvalue weighted by Crippen LogP contribution is 2.27. The first-order valence-corrected chi connectivity index (χ1v) is 6.42. The number of amides is 1. The van der Waals surface area contributed by atoms with Crippen molar-refractivity contribution in [3.8, 4) is 5.75 Å². The van der Waals surface area contributed by atoms with Crippen LogP contribution in [0.25, 0.3) is 0 Å². The van der Waals surface area contributed by atoms with Crippen molar-refractivity contribution in [2.75, 3.05) is 32.9 Å². The van der Waals surface area contributed by atoms with E-state index in [4.69, 9.17) is 9.47 Å². The van der Waals surface area contributed by atoms with Gasteiger partial charge in [0.15, 0.2) is 0 Å². The molecule has 96 valence electrons. The molecule has 4 nitrogen and oxygen atoms in total. The topological polar surface area (TPSA) is 38.8 Å². The lowest BCUT2D eigenvalue weighted by Gasteiger charge is -2.32. The summed E-state index contributed by atoms with van der Waals surface area (Å²) in [5.41, 5.74) is 1.13. The number of hydrogen-bond acceptors (Lipinski definition) is 3. The number of rotatable bonds is 1. The highest BCUT2D eigenvalue weighted by Gasteiger charge is 2.30. The van der Waals surface area contributed by atoms with Gasteiger partial charge in [0.2, 0.25) is 5.91 Å². The van der Waals surface area contributed by atoms with Crippen LogP contribution in [-0.4, -0.2) is 43.7 Å². The van der Waals surface area contributed by atoms with Crippen LogP contribution < -0.4 is 4.74 Å². The lowest BCUT2D eigenvalue weighted by Crippen LogP contribution is -2.46. The fraction of sp³-hybridized carbons (Fsp3) is 0.500. The zero-order valence-corrected chi connectivity index (χ0v) is 10.3. The average Bonchev–Trinajstić information content (AvgIpc) is 2.47. The van der Waals surface area contributed by atoms with Gasteiger partial charge in [0.05, 0.1) is 19.1 Å². The fourth-order valence-electron chi connectivity index (χ4n) is 2.53. The van der Waals surface area contributed by atoms with Crippen molar-refractivity contribution in [3.63, 3.8) is 0 Å². The van der Waals surface area contributed by atoms with Gasteiger partial charge in [-0.2, -0.15) is 0 Å². The Labute approximate surface area is 106 Å². The molecule has 2 heterocycles. The first-order valence-electron chi connectivity index (χ1n) is 6.42. The third kappa shape index (κ3) is 2.20. The summed E-state index contributed by atoms with van der Waals surface area (Å²) in [6.07, 6.45) is 0.784. The smallest absolute Gasteiger partial charge is 0.229 e. The number of benzene rings is 1. The standard InChI is InChI=1S/C14H17NO3/c16-14(15-5-7-17-8-6-15)12-9-11-3-1-2-4-13(11)18-10-12/h1-4,12H,5-10H2/t12-/m0/s1. The van der Waals surface area contributed by atoms with Crippen molar-refractivity contribution in [1.29, 1.82) is 0 Å². The summed E-state index contributed by atoms with van der Waals surface area (Å²) in [5.74, 6) is 1.08. The van der Waals surface area contributed by atoms with E-state index in [1.54, 1.807) is 0 Å². The van der Waals surface area contributed by atoms with Crippen LogP contribution in [0.5, 0.6) is 5.75 Å². The molecule has 1 aromatic carbocycles. The highest BCUT2D eigenvalue weighted by molar-refractivity contribution is 5.79. The second-order valence-corrected chi connectivity index (χ2v) is 4.76. The molecular weight excluding hydrogens is 230 g/mol. The third-order valence-electron chi connectivity index (χ3n) is 3.55. The van der Waals surface area contributed by atoms with Gasteiger partial charge in [-0.05, 0) is 18.1 Å². The maximum atomic E-state index is 12.4. The summed E-state index contributed by atoms with van der Waals surface area (Å²) in [4.78, 5) is 14.2. The highest BCUT2D eigenvalue weighted by atomic mass is 16.5. The third-order valence-corrected chi connectivity index (χ3v) is 3.55. The normalized spacial score (nSPS) is 23.1. The van der Waals surface area contributed by atoms with Gasteiger partial charge in [0.1, 0.15) is 12.4 Å². The zero-order chi connectivity index (χ0) is 12.4. The summed E-state index contributed by atoms with van der Waals surface area (Å²) >= 11 is 0. The minimum atomic E-state index is -0.0435. The summed E-state index contributed by atoms with van der Waals surface area (Å²) in [7, 11) is 0. The summed E-state index contributed by atoms with van der Waals surface area (Å²) in [6, 6.07) is 7.95. The van der Waals surface area contributed by atoms with E-state index in [1.807, 2.05) is 29.2 Å². The van der Waals surface area contributed by atoms with Crippen molar-refractivity contribution in [2.45, 2.75) is 6.42 Å². The van der Waals surface area contributed by atoms with Gasteiger partial charge in [-0.3, -0.25) is 4.79 Å². The quantitative estimate of drug-likeness (QED) is 0.746. The summed E-state index contributed by atoms with van der Waals surface area (Å²) < 4.78 is 10.9. The number of para-hydroxylation sites is 1. The second-order valence-electron chi connectivity index (χ2n) is 4.76. The van der Waals surface area contributed by atoms with Crippen molar-refractivity contribution in [1.82, 2.24) is 4.90 Å². The first kappa shape index (κ1) is 11.5. The molecule has 0 spiro atoms. The van der Waals surface area contributed by atoms with E-state index in [1.165, 1.54) is 0 Å². The van der Waals surface area contributed by atoms with E-state index in [2.05, 4.69) is 0 Å². The average molecular weight is 247 g/mol. The predicted octanol–water partition coefficient (Wildman–Crippen LogP) is 1.10. The molecule has 0 aromatic heterocycles. The van der Waals surface area contributed by atoms with E-state index >= 15 is 0 Å². The molecule has 18 heavy (non-hydrogen) atoms. The number of nitrogens with zero attached hydrogens (tertiary/aromatic N) is 1. The number of ether oxygens (including phenoxy) is 2. The van der Waals surface area contributed by atoms with Crippen LogP contribution in [0.1, 0.15) is 5.56 Å². The Bertz CT molecular complexity index is 440. The van der Waals surface area contributed by atoms with Gasteiger partial charge in [0, 0.05) is 13.1 Å². The zero-order valence-electron chi connectivity index (χ0n) is 10.3. The van der Waals surface area contributed by atoms with Crippen LogP contribution in [0.4, 0.5) is 0 Å². The van der Waals surface area contributed by atoms with Crippen LogP contribution in [0.3, 0.4) is 0 Å². The minimum Gasteiger partial charge on any atom is -0.492 e. The molecule has 0 unspecified atom stereocenters. The minimum absolute atomic E-state index is 0.0435. The predicted molar refractivity (Wildman–Crippen MR) is 66.5 cm³/mol. The Morgan fingerprint density at radius 2 is 2.00 bits per heavy atom. The maximum absolute atomic E-state index is 12.4. The van der Waals surface area contributed by atoms with E-state index < -0.39 is 0 Å². The number of morpholine rings is 1. The molecule has 4 heteroatoms. The van der Waals surface area contributed by atoms with Gasteiger partial charge in [0.25, 0.3) is 0 Å². The Kier molecular flexibility index (Phi) is 3.19. The monoisotopic (exact) mass is 247 g/mol. The lowest BCUT2D eigenvalue weighted by molar-refractivity contribution is -0.141. The largest absolute Gasteiger partial charge is 0.492 e. The van der Waals surface area contributed by atoms with E-state index in [-0.39, 0.29) is 11.8 Å². The van der Waals surface area contributed by atoms with Crippen LogP contribution >= 0.6 is 0 Å². The number of fused-ring (bicyclic) bond motifs is 1. The van der Waals surface area contributed by atoms with Gasteiger partial charge in [-0.25, -0.2) is 0 Å². The van der Waals surface area contributed by atoms with Gasteiger partial charge in [-0.15, -0.1) is 0 Å². The number of carbonyl (C=O) groups excluding carboxylic acids is 1. The molecule has 3 rings (SSSR count). The molecule has 2 aliphatic heterocycles. The SMILES string of the molecule is O=C([C@@H]1COc2ccccc2C1)N1CCOCC1. The van der Waals surface area contributed by atoms with Gasteiger partial charge >= 0.3 is 0 Å². The maximum Gasteiger partial charge on any atom is 0.229 e. The first-order chi connectivity index (χ1) is 8.84. The van der Waals surface area contributed by atoms with Crippen LogP contribution in [0, 0.1) is 5.92 Å². The second kappa shape index (κ2) is 4.98. The lowest BCUT2D eigenvalue weighted by atomic mass is 9.95. The molecule has 0 radical (unpaired) electrons. The van der Waals surface area contributed by atoms with Crippen LogP contribution in [0.15, 0.2) is 24.3 Å². The van der Waals surface area contributed by atoms with E-state index in [9.17, 15) is 4.79 Å². The molecule has 0 N–H and O–H groups in total. The molecule has 0 saturated carbocycles. The fourth-order valence-corrected chi connectivity index (χ4v) is 2.53. The molecule has 1 amide bonds. The molecule has 0 aliphatic carbocycles. The summed E-state index contributed by atoms with van der Waals surface area (Å²) in [6.45, 7) is 3.20. The van der Waals surface area contributed by atoms with Crippen molar-refractivity contribution in [3.05, 3.63) is 29.8 Å². The number of hydrogen-bond donors (Lipinski definition) is 0. The summed E-state index contributed by atoms with van der Waals surface area (Å²) in [5, 5.41) is 0. The Morgan fingerprint density at radius 3 is 2.83 bits per heavy atom. The number of carbonyl (C=O) groups is 1. The molecule has 1 atom stereocenters.